The Morgan fingerprint density at radius 2 is 1.80 bits per heavy atom. The van der Waals surface area contributed by atoms with Crippen LogP contribution in [-0.2, 0) is 14.3 Å². The van der Waals surface area contributed by atoms with Gasteiger partial charge in [-0.3, -0.25) is 9.59 Å². The molecule has 1 aromatic rings. The Hall–Kier alpha value is -2.66. The molecule has 1 aromatic carbocycles. The predicted molar refractivity (Wildman–Crippen MR) is 143 cm³/mol. The summed E-state index contributed by atoms with van der Waals surface area (Å²) < 4.78 is 5.40. The number of carbonyl (C=O) groups excluding carboxylic acids is 3. The molecule has 2 N–H and O–H groups in total. The number of benzene rings is 1. The molecule has 2 unspecified atom stereocenters. The van der Waals surface area contributed by atoms with E-state index in [0.29, 0.717) is 29.8 Å². The van der Waals surface area contributed by atoms with Crippen molar-refractivity contribution < 1.29 is 19.1 Å². The number of hydrogen-bond acceptors (Lipinski definition) is 5. The molecule has 0 heterocycles. The number of nitrogens with zero attached hydrogens (tertiary/aromatic N) is 1. The van der Waals surface area contributed by atoms with Crippen molar-refractivity contribution >= 4 is 29.7 Å². The zero-order valence-corrected chi connectivity index (χ0v) is 23.0. The Balaban J connectivity index is 3.39. The Morgan fingerprint density at radius 3 is 2.29 bits per heavy atom. The zero-order valence-electron chi connectivity index (χ0n) is 22.1. The van der Waals surface area contributed by atoms with Crippen LogP contribution in [0.5, 0.6) is 0 Å². The van der Waals surface area contributed by atoms with E-state index in [1.807, 2.05) is 27.0 Å². The van der Waals surface area contributed by atoms with Gasteiger partial charge in [0.15, 0.2) is 0 Å². The Morgan fingerprint density at radius 1 is 1.17 bits per heavy atom. The summed E-state index contributed by atoms with van der Waals surface area (Å²) >= 11 is 1.58. The molecule has 0 aromatic heterocycles. The second kappa shape index (κ2) is 14.7. The number of carbonyl (C=O) groups is 3. The molecular formula is C27H41N3O4S. The lowest BCUT2D eigenvalue weighted by molar-refractivity contribution is -0.144. The highest BCUT2D eigenvalue weighted by Gasteiger charge is 2.37. The number of thioether (sulfide) groups is 1. The fourth-order valence-corrected chi connectivity index (χ4v) is 3.96. The largest absolute Gasteiger partial charge is 0.444 e. The van der Waals surface area contributed by atoms with E-state index in [2.05, 4.69) is 16.6 Å². The summed E-state index contributed by atoms with van der Waals surface area (Å²) in [5.41, 5.74) is 0.641. The van der Waals surface area contributed by atoms with Crippen LogP contribution in [0.1, 0.15) is 78.0 Å². The second-order valence-electron chi connectivity index (χ2n) is 9.63. The van der Waals surface area contributed by atoms with Gasteiger partial charge in [-0.15, -0.1) is 6.42 Å². The minimum Gasteiger partial charge on any atom is -0.444 e. The van der Waals surface area contributed by atoms with Crippen molar-refractivity contribution in [2.75, 3.05) is 18.6 Å². The highest BCUT2D eigenvalue weighted by atomic mass is 32.2. The molecule has 1 rings (SSSR count). The third kappa shape index (κ3) is 10.2. The average molecular weight is 504 g/mol. The first-order chi connectivity index (χ1) is 16.4. The molecule has 7 nitrogen and oxygen atoms in total. The van der Waals surface area contributed by atoms with Gasteiger partial charge in [0.1, 0.15) is 17.7 Å². The van der Waals surface area contributed by atoms with Crippen LogP contribution in [0.25, 0.3) is 0 Å². The summed E-state index contributed by atoms with van der Waals surface area (Å²) in [6.45, 7) is 11.6. The van der Waals surface area contributed by atoms with Gasteiger partial charge in [0, 0.05) is 18.2 Å². The fourth-order valence-electron chi connectivity index (χ4n) is 3.49. The van der Waals surface area contributed by atoms with Gasteiger partial charge in [0.05, 0.1) is 0 Å². The molecule has 0 aliphatic carbocycles. The van der Waals surface area contributed by atoms with Gasteiger partial charge in [-0.05, 0) is 77.2 Å². The molecule has 2 atom stereocenters. The second-order valence-corrected chi connectivity index (χ2v) is 10.6. The topological polar surface area (TPSA) is 87.7 Å². The first-order valence-electron chi connectivity index (χ1n) is 12.1. The van der Waals surface area contributed by atoms with Crippen LogP contribution in [0.2, 0.25) is 0 Å². The molecule has 0 saturated heterocycles. The van der Waals surface area contributed by atoms with Gasteiger partial charge < -0.3 is 20.3 Å². The molecule has 0 radical (unpaired) electrons. The zero-order chi connectivity index (χ0) is 26.6. The maximum Gasteiger partial charge on any atom is 0.408 e. The average Bonchev–Trinajstić information content (AvgIpc) is 2.78. The SMILES string of the molecule is C#Cc1ccc(C(C(=O)NCCCC)N(C(=O)C(CCSC)NC(=O)OC(C)(C)C)C(C)C)cc1. The van der Waals surface area contributed by atoms with Crippen molar-refractivity contribution in [3.63, 3.8) is 0 Å². The Bertz CT molecular complexity index is 872. The van der Waals surface area contributed by atoms with Crippen molar-refractivity contribution in [3.8, 4) is 12.3 Å². The summed E-state index contributed by atoms with van der Waals surface area (Å²) in [6.07, 6.45) is 8.95. The minimum absolute atomic E-state index is 0.269. The maximum absolute atomic E-state index is 13.9. The van der Waals surface area contributed by atoms with Gasteiger partial charge in [-0.1, -0.05) is 31.4 Å². The Labute approximate surface area is 215 Å². The van der Waals surface area contributed by atoms with E-state index in [9.17, 15) is 14.4 Å². The standard InChI is InChI=1S/C27H41N3O4S/c1-9-11-17-28-24(31)23(21-14-12-20(10-2)13-15-21)30(19(3)4)25(32)22(16-18-35-8)29-26(33)34-27(5,6)7/h2,12-15,19,22-23H,9,11,16-18H2,1,3-8H3,(H,28,31)(H,29,33). The molecule has 35 heavy (non-hydrogen) atoms. The van der Waals surface area contributed by atoms with Crippen LogP contribution in [0.4, 0.5) is 4.79 Å². The monoisotopic (exact) mass is 503 g/mol. The van der Waals surface area contributed by atoms with Crippen molar-refractivity contribution in [2.45, 2.75) is 84.5 Å². The number of rotatable bonds is 12. The van der Waals surface area contributed by atoms with Gasteiger partial charge >= 0.3 is 6.09 Å². The van der Waals surface area contributed by atoms with Crippen LogP contribution in [0.15, 0.2) is 24.3 Å². The van der Waals surface area contributed by atoms with Gasteiger partial charge in [0.25, 0.3) is 0 Å². The molecule has 8 heteroatoms. The van der Waals surface area contributed by atoms with Gasteiger partial charge in [-0.25, -0.2) is 4.79 Å². The van der Waals surface area contributed by atoms with Crippen LogP contribution in [0.3, 0.4) is 0 Å². The number of nitrogens with one attached hydrogen (secondary N) is 2. The molecule has 3 amide bonds. The lowest BCUT2D eigenvalue weighted by Gasteiger charge is -2.37. The number of ether oxygens (including phenoxy) is 1. The van der Waals surface area contributed by atoms with E-state index in [-0.39, 0.29) is 17.9 Å². The molecule has 194 valence electrons. The molecule has 0 aliphatic heterocycles. The number of hydrogen-bond donors (Lipinski definition) is 2. The lowest BCUT2D eigenvalue weighted by Crippen LogP contribution is -2.55. The van der Waals surface area contributed by atoms with E-state index in [1.165, 1.54) is 0 Å². The van der Waals surface area contributed by atoms with E-state index >= 15 is 0 Å². The van der Waals surface area contributed by atoms with Crippen LogP contribution >= 0.6 is 11.8 Å². The summed E-state index contributed by atoms with van der Waals surface area (Å²) in [6, 6.07) is 5.05. The van der Waals surface area contributed by atoms with Crippen molar-refractivity contribution in [3.05, 3.63) is 35.4 Å². The van der Waals surface area contributed by atoms with Crippen molar-refractivity contribution in [2.24, 2.45) is 0 Å². The first-order valence-corrected chi connectivity index (χ1v) is 13.5. The van der Waals surface area contributed by atoms with Gasteiger partial charge in [-0.2, -0.15) is 11.8 Å². The minimum atomic E-state index is -0.872. The summed E-state index contributed by atoms with van der Waals surface area (Å²) in [7, 11) is 0. The molecular weight excluding hydrogens is 462 g/mol. The van der Waals surface area contributed by atoms with Crippen molar-refractivity contribution in [1.29, 1.82) is 0 Å². The molecule has 0 bridgehead atoms. The van der Waals surface area contributed by atoms with E-state index in [4.69, 9.17) is 11.2 Å². The summed E-state index contributed by atoms with van der Waals surface area (Å²) in [5, 5.41) is 5.70. The van der Waals surface area contributed by atoms with Crippen LogP contribution in [-0.4, -0.2) is 59.0 Å². The number of unbranched alkanes of at least 4 members (excludes halogenated alkanes) is 1. The summed E-state index contributed by atoms with van der Waals surface area (Å²) in [5.74, 6) is 2.63. The Kier molecular flexibility index (Phi) is 12.7. The molecule has 0 aliphatic rings. The van der Waals surface area contributed by atoms with Crippen LogP contribution < -0.4 is 10.6 Å². The molecule has 0 saturated carbocycles. The highest BCUT2D eigenvalue weighted by Crippen LogP contribution is 2.26. The van der Waals surface area contributed by atoms with E-state index in [1.54, 1.807) is 61.7 Å². The predicted octanol–water partition coefficient (Wildman–Crippen LogP) is 4.51. The third-order valence-corrected chi connectivity index (χ3v) is 5.80. The third-order valence-electron chi connectivity index (χ3n) is 5.16. The summed E-state index contributed by atoms with van der Waals surface area (Å²) in [4.78, 5) is 41.4. The number of alkyl carbamates (subject to hydrolysis) is 1. The van der Waals surface area contributed by atoms with Crippen LogP contribution in [0, 0.1) is 12.3 Å². The smallest absolute Gasteiger partial charge is 0.408 e. The normalized spacial score (nSPS) is 12.9. The lowest BCUT2D eigenvalue weighted by atomic mass is 9.99. The maximum atomic E-state index is 13.9. The first kappa shape index (κ1) is 30.4. The van der Waals surface area contributed by atoms with Crippen molar-refractivity contribution in [1.82, 2.24) is 15.5 Å². The molecule has 0 fully saturated rings. The highest BCUT2D eigenvalue weighted by molar-refractivity contribution is 7.98. The fraction of sp³-hybridized carbons (Fsp3) is 0.593. The van der Waals surface area contributed by atoms with E-state index < -0.39 is 23.8 Å². The number of amides is 3. The quantitative estimate of drug-likeness (QED) is 0.324. The van der Waals surface area contributed by atoms with E-state index in [0.717, 1.165) is 12.8 Å². The van der Waals surface area contributed by atoms with Gasteiger partial charge in [0.2, 0.25) is 11.8 Å². The molecule has 0 spiro atoms. The number of terminal acetylenes is 1.